The maximum Gasteiger partial charge on any atom is 0.329 e. The van der Waals surface area contributed by atoms with Crippen molar-refractivity contribution in [1.82, 2.24) is 14.8 Å². The quantitative estimate of drug-likeness (QED) is 0.699. The minimum absolute atomic E-state index is 0.216. The highest BCUT2D eigenvalue weighted by atomic mass is 35.5. The zero-order valence-corrected chi connectivity index (χ0v) is 12.7. The minimum Gasteiger partial charge on any atom is -0.357 e. The van der Waals surface area contributed by atoms with Crippen LogP contribution < -0.4 is 5.32 Å². The standard InChI is InChI=1S/C16H14ClN3O2/c1-19-7-6-12(9-19)8-14-15(21)20(16(22)18-14)10-11-2-4-13(17)5-3-11/h2-9H,10H2,1H3,(H,18,22)/b14-8+. The monoisotopic (exact) mass is 315 g/mol. The highest BCUT2D eigenvalue weighted by molar-refractivity contribution is 6.30. The van der Waals surface area contributed by atoms with Crippen molar-refractivity contribution in [1.29, 1.82) is 0 Å². The van der Waals surface area contributed by atoms with E-state index in [-0.39, 0.29) is 18.1 Å². The molecule has 1 aliphatic rings. The van der Waals surface area contributed by atoms with E-state index in [1.54, 1.807) is 30.3 Å². The Balaban J connectivity index is 1.79. The Bertz CT molecular complexity index is 762. The molecule has 1 fully saturated rings. The molecule has 3 amide bonds. The fraction of sp³-hybridized carbons (Fsp3) is 0.125. The van der Waals surface area contributed by atoms with Crippen molar-refractivity contribution in [2.24, 2.45) is 7.05 Å². The molecular formula is C16H14ClN3O2. The number of imide groups is 1. The third-order valence-electron chi connectivity index (χ3n) is 3.38. The van der Waals surface area contributed by atoms with E-state index in [0.717, 1.165) is 11.1 Å². The molecule has 0 bridgehead atoms. The van der Waals surface area contributed by atoms with Gasteiger partial charge in [-0.3, -0.25) is 9.69 Å². The molecule has 5 nitrogen and oxygen atoms in total. The lowest BCUT2D eigenvalue weighted by Gasteiger charge is -2.11. The number of amides is 3. The van der Waals surface area contributed by atoms with Crippen LogP contribution in [0.4, 0.5) is 4.79 Å². The number of hydrogen-bond donors (Lipinski definition) is 1. The van der Waals surface area contributed by atoms with Crippen molar-refractivity contribution >= 4 is 29.6 Å². The van der Waals surface area contributed by atoms with Crippen molar-refractivity contribution in [3.05, 3.63) is 64.6 Å². The van der Waals surface area contributed by atoms with Gasteiger partial charge >= 0.3 is 6.03 Å². The molecule has 1 aliphatic heterocycles. The van der Waals surface area contributed by atoms with Gasteiger partial charge in [0, 0.05) is 24.5 Å². The summed E-state index contributed by atoms with van der Waals surface area (Å²) in [5.74, 6) is -0.330. The van der Waals surface area contributed by atoms with E-state index >= 15 is 0 Å². The summed E-state index contributed by atoms with van der Waals surface area (Å²) < 4.78 is 1.87. The number of hydrogen-bond acceptors (Lipinski definition) is 2. The zero-order valence-electron chi connectivity index (χ0n) is 11.9. The first-order valence-corrected chi connectivity index (χ1v) is 7.12. The summed E-state index contributed by atoms with van der Waals surface area (Å²) in [5.41, 5.74) is 1.98. The van der Waals surface area contributed by atoms with Crippen LogP contribution in [0.25, 0.3) is 6.08 Å². The average molecular weight is 316 g/mol. The molecule has 22 heavy (non-hydrogen) atoms. The summed E-state index contributed by atoms with van der Waals surface area (Å²) in [6.07, 6.45) is 5.41. The van der Waals surface area contributed by atoms with Crippen LogP contribution in [0, 0.1) is 0 Å². The van der Waals surface area contributed by atoms with Crippen molar-refractivity contribution in [3.63, 3.8) is 0 Å². The third kappa shape index (κ3) is 2.89. The van der Waals surface area contributed by atoms with Gasteiger partial charge in [0.2, 0.25) is 0 Å². The number of carbonyl (C=O) groups excluding carboxylic acids is 2. The maximum absolute atomic E-state index is 12.3. The Kier molecular flexibility index (Phi) is 3.73. The van der Waals surface area contributed by atoms with Crippen LogP contribution in [0.15, 0.2) is 48.4 Å². The van der Waals surface area contributed by atoms with Gasteiger partial charge in [-0.25, -0.2) is 4.79 Å². The van der Waals surface area contributed by atoms with Gasteiger partial charge in [0.05, 0.1) is 6.54 Å². The predicted octanol–water partition coefficient (Wildman–Crippen LogP) is 2.77. The Morgan fingerprint density at radius 1 is 1.18 bits per heavy atom. The average Bonchev–Trinajstić information content (AvgIpc) is 3.00. The first kappa shape index (κ1) is 14.4. The summed E-state index contributed by atoms with van der Waals surface area (Å²) in [4.78, 5) is 25.5. The smallest absolute Gasteiger partial charge is 0.329 e. The number of aromatic nitrogens is 1. The van der Waals surface area contributed by atoms with Crippen LogP contribution in [0.5, 0.6) is 0 Å². The molecule has 2 aromatic rings. The van der Waals surface area contributed by atoms with Gasteiger partial charge in [-0.2, -0.15) is 0 Å². The van der Waals surface area contributed by atoms with E-state index < -0.39 is 6.03 Å². The summed E-state index contributed by atoms with van der Waals surface area (Å²) in [7, 11) is 1.89. The number of nitrogens with one attached hydrogen (secondary N) is 1. The van der Waals surface area contributed by atoms with Crippen LogP contribution >= 0.6 is 11.6 Å². The van der Waals surface area contributed by atoms with Gasteiger partial charge in [-0.05, 0) is 35.4 Å². The van der Waals surface area contributed by atoms with Crippen molar-refractivity contribution in [3.8, 4) is 0 Å². The van der Waals surface area contributed by atoms with E-state index in [4.69, 9.17) is 11.6 Å². The lowest BCUT2D eigenvalue weighted by atomic mass is 10.2. The number of urea groups is 1. The molecule has 1 aromatic carbocycles. The van der Waals surface area contributed by atoms with Gasteiger partial charge < -0.3 is 9.88 Å². The second-order valence-corrected chi connectivity index (χ2v) is 5.55. The first-order valence-electron chi connectivity index (χ1n) is 6.74. The van der Waals surface area contributed by atoms with Crippen molar-refractivity contribution < 1.29 is 9.59 Å². The van der Waals surface area contributed by atoms with Gasteiger partial charge in [-0.15, -0.1) is 0 Å². The fourth-order valence-corrected chi connectivity index (χ4v) is 2.39. The minimum atomic E-state index is -0.415. The maximum atomic E-state index is 12.3. The van der Waals surface area contributed by atoms with Crippen molar-refractivity contribution in [2.45, 2.75) is 6.54 Å². The van der Waals surface area contributed by atoms with E-state index in [1.165, 1.54) is 4.90 Å². The molecule has 0 radical (unpaired) electrons. The number of benzene rings is 1. The number of aryl methyl sites for hydroxylation is 1. The van der Waals surface area contributed by atoms with E-state index in [9.17, 15) is 9.59 Å². The number of nitrogens with zero attached hydrogens (tertiary/aromatic N) is 2. The van der Waals surface area contributed by atoms with Crippen LogP contribution in [-0.2, 0) is 18.4 Å². The Morgan fingerprint density at radius 3 is 2.55 bits per heavy atom. The zero-order chi connectivity index (χ0) is 15.7. The fourth-order valence-electron chi connectivity index (χ4n) is 2.26. The van der Waals surface area contributed by atoms with Gasteiger partial charge in [0.15, 0.2) is 0 Å². The van der Waals surface area contributed by atoms with E-state index in [2.05, 4.69) is 5.32 Å². The molecular weight excluding hydrogens is 302 g/mol. The van der Waals surface area contributed by atoms with Crippen LogP contribution in [0.2, 0.25) is 5.02 Å². The Hall–Kier alpha value is -2.53. The third-order valence-corrected chi connectivity index (χ3v) is 3.63. The molecule has 0 spiro atoms. The summed E-state index contributed by atoms with van der Waals surface area (Å²) in [5, 5.41) is 3.22. The summed E-state index contributed by atoms with van der Waals surface area (Å²) >= 11 is 5.83. The summed E-state index contributed by atoms with van der Waals surface area (Å²) in [6, 6.07) is 8.51. The number of carbonyl (C=O) groups is 2. The lowest BCUT2D eigenvalue weighted by molar-refractivity contribution is -0.123. The molecule has 0 saturated carbocycles. The molecule has 112 valence electrons. The highest BCUT2D eigenvalue weighted by Crippen LogP contribution is 2.18. The molecule has 6 heteroatoms. The van der Waals surface area contributed by atoms with E-state index in [0.29, 0.717) is 5.02 Å². The normalized spacial score (nSPS) is 16.5. The second kappa shape index (κ2) is 5.69. The second-order valence-electron chi connectivity index (χ2n) is 5.12. The molecule has 1 N–H and O–H groups in total. The summed E-state index contributed by atoms with van der Waals surface area (Å²) in [6.45, 7) is 0.216. The molecule has 0 unspecified atom stereocenters. The largest absolute Gasteiger partial charge is 0.357 e. The predicted molar refractivity (Wildman–Crippen MR) is 83.9 cm³/mol. The highest BCUT2D eigenvalue weighted by Gasteiger charge is 2.33. The number of halogens is 1. The SMILES string of the molecule is Cn1ccc(/C=C2/NC(=O)N(Cc3ccc(Cl)cc3)C2=O)c1. The van der Waals surface area contributed by atoms with Gasteiger partial charge in [0.25, 0.3) is 5.91 Å². The molecule has 1 saturated heterocycles. The van der Waals surface area contributed by atoms with Crippen LogP contribution in [0.3, 0.4) is 0 Å². The Morgan fingerprint density at radius 2 is 1.91 bits per heavy atom. The molecule has 2 heterocycles. The molecule has 3 rings (SSSR count). The molecule has 0 atom stereocenters. The van der Waals surface area contributed by atoms with Crippen LogP contribution in [0.1, 0.15) is 11.1 Å². The number of rotatable bonds is 3. The lowest BCUT2D eigenvalue weighted by Crippen LogP contribution is -2.30. The Labute approximate surface area is 132 Å². The van der Waals surface area contributed by atoms with Crippen molar-refractivity contribution in [2.75, 3.05) is 0 Å². The van der Waals surface area contributed by atoms with Gasteiger partial charge in [0.1, 0.15) is 5.70 Å². The topological polar surface area (TPSA) is 54.3 Å². The first-order chi connectivity index (χ1) is 10.5. The molecule has 1 aromatic heterocycles. The van der Waals surface area contributed by atoms with Gasteiger partial charge in [-0.1, -0.05) is 23.7 Å². The molecule has 0 aliphatic carbocycles. The van der Waals surface area contributed by atoms with E-state index in [1.807, 2.05) is 30.1 Å². The van der Waals surface area contributed by atoms with Crippen LogP contribution in [-0.4, -0.2) is 21.4 Å².